The number of hydrogen-bond donors (Lipinski definition) is 3. The third-order valence-corrected chi connectivity index (χ3v) is 1.63. The van der Waals surface area contributed by atoms with E-state index in [1.807, 2.05) is 0 Å². The summed E-state index contributed by atoms with van der Waals surface area (Å²) in [6.45, 7) is 0. The SMILES string of the molecule is O=C(O)/C=C/c1cccc(C(O)O)c1. The van der Waals surface area contributed by atoms with Crippen LogP contribution < -0.4 is 0 Å². The minimum atomic E-state index is -1.53. The van der Waals surface area contributed by atoms with Crippen molar-refractivity contribution < 1.29 is 20.1 Å². The molecule has 0 saturated carbocycles. The Hall–Kier alpha value is -1.65. The molecule has 0 fully saturated rings. The van der Waals surface area contributed by atoms with E-state index < -0.39 is 12.3 Å². The van der Waals surface area contributed by atoms with Crippen LogP contribution in [-0.4, -0.2) is 21.3 Å². The van der Waals surface area contributed by atoms with Crippen LogP contribution in [0.4, 0.5) is 0 Å². The quantitative estimate of drug-likeness (QED) is 0.490. The Morgan fingerprint density at radius 1 is 1.36 bits per heavy atom. The fourth-order valence-corrected chi connectivity index (χ4v) is 0.991. The number of carboxylic acid groups (broad SMARTS) is 1. The summed E-state index contributed by atoms with van der Waals surface area (Å²) in [6, 6.07) is 6.34. The van der Waals surface area contributed by atoms with Crippen molar-refractivity contribution >= 4 is 12.0 Å². The Labute approximate surface area is 80.7 Å². The van der Waals surface area contributed by atoms with Gasteiger partial charge in [-0.3, -0.25) is 0 Å². The summed E-state index contributed by atoms with van der Waals surface area (Å²) in [5.74, 6) is -1.04. The summed E-state index contributed by atoms with van der Waals surface area (Å²) in [4.78, 5) is 10.2. The number of aliphatic hydroxyl groups is 2. The maximum absolute atomic E-state index is 10.2. The van der Waals surface area contributed by atoms with Gasteiger partial charge in [-0.05, 0) is 17.7 Å². The molecule has 0 amide bonds. The lowest BCUT2D eigenvalue weighted by molar-refractivity contribution is -0.131. The van der Waals surface area contributed by atoms with E-state index in [0.717, 1.165) is 6.08 Å². The molecule has 0 heterocycles. The molecule has 0 atom stereocenters. The molecule has 1 aromatic rings. The maximum Gasteiger partial charge on any atom is 0.328 e. The molecule has 0 radical (unpaired) electrons. The lowest BCUT2D eigenvalue weighted by atomic mass is 10.1. The lowest BCUT2D eigenvalue weighted by Gasteiger charge is -2.03. The van der Waals surface area contributed by atoms with Gasteiger partial charge in [0.25, 0.3) is 0 Å². The third-order valence-electron chi connectivity index (χ3n) is 1.63. The first kappa shape index (κ1) is 10.4. The van der Waals surface area contributed by atoms with Gasteiger partial charge in [0.1, 0.15) is 0 Å². The fraction of sp³-hybridized carbons (Fsp3) is 0.100. The average Bonchev–Trinajstić information content (AvgIpc) is 2.15. The zero-order valence-corrected chi connectivity index (χ0v) is 7.29. The van der Waals surface area contributed by atoms with Crippen LogP contribution in [0.3, 0.4) is 0 Å². The second-order valence-corrected chi connectivity index (χ2v) is 2.72. The highest BCUT2D eigenvalue weighted by Crippen LogP contribution is 2.12. The van der Waals surface area contributed by atoms with E-state index in [1.165, 1.54) is 12.1 Å². The van der Waals surface area contributed by atoms with Crippen molar-refractivity contribution in [3.05, 3.63) is 41.5 Å². The minimum absolute atomic E-state index is 0.331. The summed E-state index contributed by atoms with van der Waals surface area (Å²) < 4.78 is 0. The third kappa shape index (κ3) is 3.01. The first-order valence-corrected chi connectivity index (χ1v) is 3.96. The normalized spacial score (nSPS) is 11.1. The van der Waals surface area contributed by atoms with Crippen LogP contribution in [-0.2, 0) is 4.79 Å². The molecule has 0 aliphatic rings. The van der Waals surface area contributed by atoms with Gasteiger partial charge >= 0.3 is 5.97 Å². The Morgan fingerprint density at radius 3 is 2.64 bits per heavy atom. The van der Waals surface area contributed by atoms with Crippen LogP contribution in [0.2, 0.25) is 0 Å². The zero-order chi connectivity index (χ0) is 10.6. The molecule has 0 bridgehead atoms. The van der Waals surface area contributed by atoms with Crippen molar-refractivity contribution in [2.45, 2.75) is 6.29 Å². The van der Waals surface area contributed by atoms with Crippen molar-refractivity contribution in [3.8, 4) is 0 Å². The monoisotopic (exact) mass is 194 g/mol. The molecule has 4 nitrogen and oxygen atoms in total. The highest BCUT2D eigenvalue weighted by molar-refractivity contribution is 5.85. The molecular weight excluding hydrogens is 184 g/mol. The van der Waals surface area contributed by atoms with Crippen LogP contribution in [0, 0.1) is 0 Å². The van der Waals surface area contributed by atoms with E-state index in [-0.39, 0.29) is 0 Å². The molecule has 0 aromatic heterocycles. The van der Waals surface area contributed by atoms with Gasteiger partial charge in [-0.1, -0.05) is 18.2 Å². The number of hydrogen-bond acceptors (Lipinski definition) is 3. The van der Waals surface area contributed by atoms with Crippen LogP contribution in [0.5, 0.6) is 0 Å². The van der Waals surface area contributed by atoms with Gasteiger partial charge in [0.2, 0.25) is 0 Å². The van der Waals surface area contributed by atoms with Crippen molar-refractivity contribution in [3.63, 3.8) is 0 Å². The molecular formula is C10H10O4. The molecule has 4 heteroatoms. The second-order valence-electron chi connectivity index (χ2n) is 2.72. The molecule has 0 unspecified atom stereocenters. The van der Waals surface area contributed by atoms with E-state index in [0.29, 0.717) is 11.1 Å². The minimum Gasteiger partial charge on any atom is -0.478 e. The Bertz CT molecular complexity index is 355. The van der Waals surface area contributed by atoms with Crippen molar-refractivity contribution in [2.75, 3.05) is 0 Å². The number of rotatable bonds is 3. The summed E-state index contributed by atoms with van der Waals surface area (Å²) in [7, 11) is 0. The molecule has 3 N–H and O–H groups in total. The largest absolute Gasteiger partial charge is 0.478 e. The Balaban J connectivity index is 2.89. The van der Waals surface area contributed by atoms with Crippen LogP contribution in [0.15, 0.2) is 30.3 Å². The molecule has 0 aliphatic heterocycles. The van der Waals surface area contributed by atoms with E-state index in [4.69, 9.17) is 15.3 Å². The molecule has 1 aromatic carbocycles. The molecule has 0 spiro atoms. The summed E-state index contributed by atoms with van der Waals surface area (Å²) >= 11 is 0. The number of benzene rings is 1. The van der Waals surface area contributed by atoms with Crippen LogP contribution >= 0.6 is 0 Å². The highest BCUT2D eigenvalue weighted by atomic mass is 16.5. The van der Waals surface area contributed by atoms with Crippen molar-refractivity contribution in [1.82, 2.24) is 0 Å². The number of carbonyl (C=O) groups is 1. The first-order chi connectivity index (χ1) is 6.59. The highest BCUT2D eigenvalue weighted by Gasteiger charge is 2.01. The van der Waals surface area contributed by atoms with E-state index >= 15 is 0 Å². The molecule has 14 heavy (non-hydrogen) atoms. The van der Waals surface area contributed by atoms with Gasteiger partial charge in [-0.15, -0.1) is 0 Å². The molecule has 74 valence electrons. The summed E-state index contributed by atoms with van der Waals surface area (Å²) in [5, 5.41) is 26.0. The second kappa shape index (κ2) is 4.55. The van der Waals surface area contributed by atoms with Crippen molar-refractivity contribution in [2.24, 2.45) is 0 Å². The van der Waals surface area contributed by atoms with Crippen LogP contribution in [0.1, 0.15) is 17.4 Å². The Kier molecular flexibility index (Phi) is 3.39. The zero-order valence-electron chi connectivity index (χ0n) is 7.29. The predicted octanol–water partition coefficient (Wildman–Crippen LogP) is 0.768. The summed E-state index contributed by atoms with van der Waals surface area (Å²) in [5.41, 5.74) is 0.940. The van der Waals surface area contributed by atoms with Gasteiger partial charge in [0.15, 0.2) is 6.29 Å². The molecule has 1 rings (SSSR count). The Morgan fingerprint density at radius 2 is 2.07 bits per heavy atom. The topological polar surface area (TPSA) is 77.8 Å². The standard InChI is InChI=1S/C10H10O4/c11-9(12)5-4-7-2-1-3-8(6-7)10(13)14/h1-6,10,13-14H,(H,11,12)/b5-4+. The average molecular weight is 194 g/mol. The van der Waals surface area contributed by atoms with Crippen molar-refractivity contribution in [1.29, 1.82) is 0 Å². The van der Waals surface area contributed by atoms with Gasteiger partial charge in [-0.25, -0.2) is 4.79 Å². The van der Waals surface area contributed by atoms with Gasteiger partial charge in [-0.2, -0.15) is 0 Å². The van der Waals surface area contributed by atoms with E-state index in [2.05, 4.69) is 0 Å². The first-order valence-electron chi connectivity index (χ1n) is 3.96. The van der Waals surface area contributed by atoms with Gasteiger partial charge in [0, 0.05) is 11.6 Å². The molecule has 0 saturated heterocycles. The maximum atomic E-state index is 10.2. The van der Waals surface area contributed by atoms with E-state index in [1.54, 1.807) is 18.2 Å². The van der Waals surface area contributed by atoms with Gasteiger partial charge in [0.05, 0.1) is 0 Å². The lowest BCUT2D eigenvalue weighted by Crippen LogP contribution is -1.94. The summed E-state index contributed by atoms with van der Waals surface area (Å²) in [6.07, 6.45) is 0.838. The predicted molar refractivity (Wildman–Crippen MR) is 50.3 cm³/mol. The fourth-order valence-electron chi connectivity index (χ4n) is 0.991. The number of aliphatic carboxylic acids is 1. The number of aliphatic hydroxyl groups excluding tert-OH is 1. The van der Waals surface area contributed by atoms with Gasteiger partial charge < -0.3 is 15.3 Å². The number of carboxylic acids is 1. The van der Waals surface area contributed by atoms with E-state index in [9.17, 15) is 4.79 Å². The molecule has 0 aliphatic carbocycles. The smallest absolute Gasteiger partial charge is 0.328 e. The van der Waals surface area contributed by atoms with Crippen LogP contribution in [0.25, 0.3) is 6.08 Å².